The van der Waals surface area contributed by atoms with E-state index in [1.54, 1.807) is 12.1 Å². The molecule has 4 nitrogen and oxygen atoms in total. The number of carbonyl (C=O) groups excluding carboxylic acids is 1. The Hall–Kier alpha value is -1.14. The van der Waals surface area contributed by atoms with Gasteiger partial charge in [0.25, 0.3) is 0 Å². The van der Waals surface area contributed by atoms with Crippen LogP contribution in [0.1, 0.15) is 0 Å². The summed E-state index contributed by atoms with van der Waals surface area (Å²) in [5, 5.41) is 4.34. The molecular weight excluding hydrogens is 353 g/mol. The summed E-state index contributed by atoms with van der Waals surface area (Å²) in [7, 11) is 0. The number of anilines is 2. The number of nitrogen functional groups attached to an aromatic ring is 1. The maximum Gasteiger partial charge on any atom is 0.234 e. The second-order valence-electron chi connectivity index (χ2n) is 4.01. The van der Waals surface area contributed by atoms with Crippen LogP contribution in [0.25, 0.3) is 0 Å². The van der Waals surface area contributed by atoms with Crippen molar-refractivity contribution in [1.82, 2.24) is 4.98 Å². The lowest BCUT2D eigenvalue weighted by Crippen LogP contribution is -2.14. The first-order chi connectivity index (χ1) is 9.95. The molecule has 0 aliphatic rings. The van der Waals surface area contributed by atoms with Crippen molar-refractivity contribution in [3.8, 4) is 0 Å². The Kier molecular flexibility index (Phi) is 5.58. The number of thioether (sulfide) groups is 1. The van der Waals surface area contributed by atoms with E-state index >= 15 is 0 Å². The first kappa shape index (κ1) is 16.2. The predicted octanol–water partition coefficient (Wildman–Crippen LogP) is 4.35. The van der Waals surface area contributed by atoms with Gasteiger partial charge in [-0.1, -0.05) is 46.6 Å². The number of carbonyl (C=O) groups is 1. The number of amides is 1. The molecule has 0 saturated carbocycles. The molecule has 2 rings (SSSR count). The van der Waals surface area contributed by atoms with Crippen molar-refractivity contribution in [3.05, 3.63) is 45.5 Å². The van der Waals surface area contributed by atoms with Gasteiger partial charge in [-0.3, -0.25) is 4.79 Å². The third-order valence-electron chi connectivity index (χ3n) is 2.38. The highest BCUT2D eigenvalue weighted by molar-refractivity contribution is 7.99. The van der Waals surface area contributed by atoms with Crippen LogP contribution in [0.5, 0.6) is 0 Å². The first-order valence-corrected chi connectivity index (χ1v) is 7.86. The Morgan fingerprint density at radius 2 is 1.90 bits per heavy atom. The molecule has 1 aromatic heterocycles. The SMILES string of the molecule is Nc1ccc(SCC(=O)Nc2c(Cl)cc(Cl)cc2Cl)nc1. The van der Waals surface area contributed by atoms with Crippen molar-refractivity contribution < 1.29 is 4.79 Å². The summed E-state index contributed by atoms with van der Waals surface area (Å²) < 4.78 is 0. The molecule has 3 N–H and O–H groups in total. The van der Waals surface area contributed by atoms with Crippen LogP contribution in [-0.2, 0) is 4.79 Å². The van der Waals surface area contributed by atoms with Crippen molar-refractivity contribution in [3.63, 3.8) is 0 Å². The first-order valence-electron chi connectivity index (χ1n) is 5.74. The van der Waals surface area contributed by atoms with Gasteiger partial charge in [0.2, 0.25) is 5.91 Å². The lowest BCUT2D eigenvalue weighted by Gasteiger charge is -2.09. The van der Waals surface area contributed by atoms with Crippen LogP contribution < -0.4 is 11.1 Å². The van der Waals surface area contributed by atoms with E-state index in [9.17, 15) is 4.79 Å². The minimum atomic E-state index is -0.246. The fraction of sp³-hybridized carbons (Fsp3) is 0.0769. The summed E-state index contributed by atoms with van der Waals surface area (Å²) in [4.78, 5) is 16.0. The van der Waals surface area contributed by atoms with Gasteiger partial charge in [0.1, 0.15) is 0 Å². The van der Waals surface area contributed by atoms with Crippen LogP contribution in [0.2, 0.25) is 15.1 Å². The summed E-state index contributed by atoms with van der Waals surface area (Å²) in [5.74, 6) is -0.0728. The van der Waals surface area contributed by atoms with Crippen LogP contribution in [-0.4, -0.2) is 16.6 Å². The highest BCUT2D eigenvalue weighted by atomic mass is 35.5. The van der Waals surface area contributed by atoms with E-state index in [-0.39, 0.29) is 21.7 Å². The minimum absolute atomic E-state index is 0.173. The summed E-state index contributed by atoms with van der Waals surface area (Å²) in [6.07, 6.45) is 1.53. The molecule has 1 heterocycles. The number of halogens is 3. The van der Waals surface area contributed by atoms with Gasteiger partial charge in [-0.15, -0.1) is 0 Å². The molecule has 110 valence electrons. The van der Waals surface area contributed by atoms with E-state index in [0.717, 1.165) is 0 Å². The lowest BCUT2D eigenvalue weighted by molar-refractivity contribution is -0.113. The second-order valence-corrected chi connectivity index (χ2v) is 6.26. The molecule has 1 aromatic carbocycles. The number of pyridine rings is 1. The highest BCUT2D eigenvalue weighted by Crippen LogP contribution is 2.33. The third kappa shape index (κ3) is 4.68. The number of benzene rings is 1. The number of nitrogens with one attached hydrogen (secondary N) is 1. The van der Waals surface area contributed by atoms with Crippen molar-refractivity contribution in [2.24, 2.45) is 0 Å². The van der Waals surface area contributed by atoms with Gasteiger partial charge in [0.15, 0.2) is 0 Å². The molecule has 2 aromatic rings. The third-order valence-corrected chi connectivity index (χ3v) is 4.14. The molecule has 0 unspecified atom stereocenters. The molecule has 0 spiro atoms. The standard InChI is InChI=1S/C13H10Cl3N3OS/c14-7-3-9(15)13(10(16)4-7)19-11(20)6-21-12-2-1-8(17)5-18-12/h1-5H,6,17H2,(H,19,20). The molecule has 0 radical (unpaired) electrons. The zero-order valence-electron chi connectivity index (χ0n) is 10.6. The maximum absolute atomic E-state index is 11.9. The Bertz CT molecular complexity index is 641. The second kappa shape index (κ2) is 7.22. The Morgan fingerprint density at radius 3 is 2.48 bits per heavy atom. The molecule has 0 aliphatic heterocycles. The molecule has 0 saturated heterocycles. The number of aromatic nitrogens is 1. The van der Waals surface area contributed by atoms with E-state index in [4.69, 9.17) is 40.5 Å². The van der Waals surface area contributed by atoms with Gasteiger partial charge in [0, 0.05) is 5.02 Å². The largest absolute Gasteiger partial charge is 0.397 e. The summed E-state index contributed by atoms with van der Waals surface area (Å²) in [6, 6.07) is 6.49. The highest BCUT2D eigenvalue weighted by Gasteiger charge is 2.11. The van der Waals surface area contributed by atoms with Crippen molar-refractivity contribution in [2.45, 2.75) is 5.03 Å². The Labute approximate surface area is 141 Å². The van der Waals surface area contributed by atoms with Gasteiger partial charge in [-0.2, -0.15) is 0 Å². The smallest absolute Gasteiger partial charge is 0.234 e. The van der Waals surface area contributed by atoms with Crippen molar-refractivity contribution in [1.29, 1.82) is 0 Å². The summed E-state index contributed by atoms with van der Waals surface area (Å²) in [6.45, 7) is 0. The Balaban J connectivity index is 1.97. The zero-order chi connectivity index (χ0) is 15.4. The average molecular weight is 363 g/mol. The predicted molar refractivity (Wildman–Crippen MR) is 89.5 cm³/mol. The van der Waals surface area contributed by atoms with Crippen LogP contribution in [0.3, 0.4) is 0 Å². The van der Waals surface area contributed by atoms with Gasteiger partial charge < -0.3 is 11.1 Å². The quantitative estimate of drug-likeness (QED) is 0.793. The van der Waals surface area contributed by atoms with E-state index in [1.165, 1.54) is 30.1 Å². The fourth-order valence-electron chi connectivity index (χ4n) is 1.45. The minimum Gasteiger partial charge on any atom is -0.397 e. The molecule has 0 atom stereocenters. The number of hydrogen-bond acceptors (Lipinski definition) is 4. The van der Waals surface area contributed by atoms with Gasteiger partial charge in [-0.05, 0) is 24.3 Å². The van der Waals surface area contributed by atoms with Crippen LogP contribution in [0, 0.1) is 0 Å². The number of hydrogen-bond donors (Lipinski definition) is 2. The van der Waals surface area contributed by atoms with Crippen LogP contribution in [0.4, 0.5) is 11.4 Å². The van der Waals surface area contributed by atoms with Crippen LogP contribution >= 0.6 is 46.6 Å². The van der Waals surface area contributed by atoms with Gasteiger partial charge in [-0.25, -0.2) is 4.98 Å². The normalized spacial score (nSPS) is 10.4. The Morgan fingerprint density at radius 1 is 1.24 bits per heavy atom. The average Bonchev–Trinajstić information content (AvgIpc) is 2.42. The maximum atomic E-state index is 11.9. The summed E-state index contributed by atoms with van der Waals surface area (Å²) in [5.41, 5.74) is 6.46. The number of rotatable bonds is 4. The molecule has 21 heavy (non-hydrogen) atoms. The number of nitrogens with zero attached hydrogens (tertiary/aromatic N) is 1. The molecule has 0 aliphatic carbocycles. The molecule has 1 amide bonds. The van der Waals surface area contributed by atoms with E-state index in [0.29, 0.717) is 21.4 Å². The van der Waals surface area contributed by atoms with Crippen molar-refractivity contribution >= 4 is 63.8 Å². The van der Waals surface area contributed by atoms with E-state index < -0.39 is 0 Å². The van der Waals surface area contributed by atoms with E-state index in [2.05, 4.69) is 10.3 Å². The number of nitrogens with two attached hydrogens (primary N) is 1. The summed E-state index contributed by atoms with van der Waals surface area (Å²) >= 11 is 19.1. The molecule has 0 fully saturated rings. The molecule has 8 heteroatoms. The zero-order valence-corrected chi connectivity index (χ0v) is 13.7. The lowest BCUT2D eigenvalue weighted by atomic mass is 10.3. The van der Waals surface area contributed by atoms with Crippen LogP contribution in [0.15, 0.2) is 35.5 Å². The monoisotopic (exact) mass is 361 g/mol. The van der Waals surface area contributed by atoms with E-state index in [1.807, 2.05) is 0 Å². The fourth-order valence-corrected chi connectivity index (χ4v) is 3.01. The molecular formula is C13H10Cl3N3OS. The van der Waals surface area contributed by atoms with Gasteiger partial charge >= 0.3 is 0 Å². The molecule has 0 bridgehead atoms. The topological polar surface area (TPSA) is 68.0 Å². The van der Waals surface area contributed by atoms with Crippen molar-refractivity contribution in [2.75, 3.05) is 16.8 Å². The van der Waals surface area contributed by atoms with Gasteiger partial charge in [0.05, 0.1) is 38.4 Å².